The summed E-state index contributed by atoms with van der Waals surface area (Å²) < 4.78 is 15.9. The van der Waals surface area contributed by atoms with E-state index in [0.717, 1.165) is 5.56 Å². The van der Waals surface area contributed by atoms with E-state index in [0.29, 0.717) is 12.1 Å². The zero-order valence-electron chi connectivity index (χ0n) is 10.6. The van der Waals surface area contributed by atoms with Gasteiger partial charge in [-0.3, -0.25) is 4.79 Å². The van der Waals surface area contributed by atoms with Gasteiger partial charge in [0.05, 0.1) is 6.20 Å². The minimum Gasteiger partial charge on any atom is -0.322 e. The summed E-state index contributed by atoms with van der Waals surface area (Å²) in [4.78, 5) is 12.2. The fraction of sp³-hybridized carbons (Fsp3) is 0.143. The van der Waals surface area contributed by atoms with Gasteiger partial charge in [-0.25, -0.2) is 8.91 Å². The molecule has 0 amide bonds. The van der Waals surface area contributed by atoms with Crippen LogP contribution in [0.25, 0.3) is 5.52 Å². The van der Waals surface area contributed by atoms with Crippen LogP contribution in [0, 0.1) is 5.82 Å². The van der Waals surface area contributed by atoms with Gasteiger partial charge in [0.25, 0.3) is 5.56 Å². The summed E-state index contributed by atoms with van der Waals surface area (Å²) >= 11 is 0. The number of fused-ring (bicyclic) bond motifs is 1. The lowest BCUT2D eigenvalue weighted by molar-refractivity contribution is 0.557. The summed E-state index contributed by atoms with van der Waals surface area (Å²) in [6, 6.07) is 7.25. The molecule has 2 N–H and O–H groups in total. The number of hydrogen-bond acceptors (Lipinski definition) is 3. The summed E-state index contributed by atoms with van der Waals surface area (Å²) in [5.41, 5.74) is 7.19. The second-order valence-corrected chi connectivity index (χ2v) is 4.57. The first-order chi connectivity index (χ1) is 9.65. The van der Waals surface area contributed by atoms with Crippen LogP contribution in [0.2, 0.25) is 0 Å². The molecule has 2 aromatic heterocycles. The number of hydrogen-bond donors (Lipinski definition) is 1. The molecule has 6 heteroatoms. The van der Waals surface area contributed by atoms with Gasteiger partial charge < -0.3 is 10.3 Å². The zero-order valence-corrected chi connectivity index (χ0v) is 10.6. The lowest BCUT2D eigenvalue weighted by Crippen LogP contribution is -2.27. The number of halogens is 1. The Morgan fingerprint density at radius 2 is 1.95 bits per heavy atom. The molecule has 0 radical (unpaired) electrons. The topological polar surface area (TPSA) is 65.3 Å². The molecule has 0 saturated heterocycles. The average molecular weight is 272 g/mol. The van der Waals surface area contributed by atoms with Gasteiger partial charge >= 0.3 is 0 Å². The molecular formula is C14H13FN4O. The highest BCUT2D eigenvalue weighted by atomic mass is 19.1. The second kappa shape index (κ2) is 4.90. The summed E-state index contributed by atoms with van der Waals surface area (Å²) in [5, 5.41) is 4.00. The van der Waals surface area contributed by atoms with Gasteiger partial charge in [0.2, 0.25) is 0 Å². The number of benzene rings is 1. The van der Waals surface area contributed by atoms with Crippen molar-refractivity contribution in [3.8, 4) is 0 Å². The highest BCUT2D eigenvalue weighted by Gasteiger charge is 2.10. The van der Waals surface area contributed by atoms with Crippen LogP contribution in [0.3, 0.4) is 0 Å². The molecule has 3 aromatic rings. The van der Waals surface area contributed by atoms with Crippen LogP contribution >= 0.6 is 0 Å². The fourth-order valence-corrected chi connectivity index (χ4v) is 2.13. The molecule has 102 valence electrons. The van der Waals surface area contributed by atoms with Crippen molar-refractivity contribution in [3.05, 3.63) is 70.7 Å². The SMILES string of the molecule is NC(Cn1ccn2nccc2c1=O)c1ccc(F)cc1. The number of rotatable bonds is 3. The van der Waals surface area contributed by atoms with Crippen LogP contribution in [0.5, 0.6) is 0 Å². The zero-order chi connectivity index (χ0) is 14.1. The van der Waals surface area contributed by atoms with Crippen molar-refractivity contribution in [2.45, 2.75) is 12.6 Å². The molecule has 0 aliphatic rings. The Balaban J connectivity index is 1.90. The highest BCUT2D eigenvalue weighted by Crippen LogP contribution is 2.12. The van der Waals surface area contributed by atoms with E-state index in [1.54, 1.807) is 36.8 Å². The van der Waals surface area contributed by atoms with Gasteiger partial charge in [-0.15, -0.1) is 0 Å². The van der Waals surface area contributed by atoms with Crippen LogP contribution in [0.15, 0.2) is 53.7 Å². The minimum absolute atomic E-state index is 0.150. The van der Waals surface area contributed by atoms with E-state index in [2.05, 4.69) is 5.10 Å². The molecule has 0 aliphatic carbocycles. The molecular weight excluding hydrogens is 259 g/mol. The molecule has 1 aromatic carbocycles. The Labute approximate surface area is 114 Å². The van der Waals surface area contributed by atoms with Crippen LogP contribution in [0.4, 0.5) is 4.39 Å². The predicted molar refractivity (Wildman–Crippen MR) is 72.8 cm³/mol. The maximum atomic E-state index is 12.9. The van der Waals surface area contributed by atoms with Gasteiger partial charge in [0.1, 0.15) is 11.3 Å². The smallest absolute Gasteiger partial charge is 0.276 e. The van der Waals surface area contributed by atoms with Crippen LogP contribution in [-0.2, 0) is 6.54 Å². The van der Waals surface area contributed by atoms with Gasteiger partial charge in [-0.05, 0) is 23.8 Å². The molecule has 1 unspecified atom stereocenters. The summed E-state index contributed by atoms with van der Waals surface area (Å²) in [7, 11) is 0. The first-order valence-electron chi connectivity index (χ1n) is 6.19. The number of aromatic nitrogens is 3. The molecule has 1 atom stereocenters. The van der Waals surface area contributed by atoms with E-state index in [1.165, 1.54) is 21.2 Å². The Morgan fingerprint density at radius 1 is 1.20 bits per heavy atom. The van der Waals surface area contributed by atoms with Crippen LogP contribution in [0.1, 0.15) is 11.6 Å². The molecule has 0 saturated carbocycles. The number of nitrogens with two attached hydrogens (primary N) is 1. The molecule has 0 aliphatic heterocycles. The van der Waals surface area contributed by atoms with E-state index in [9.17, 15) is 9.18 Å². The third-order valence-electron chi connectivity index (χ3n) is 3.23. The van der Waals surface area contributed by atoms with Crippen LogP contribution < -0.4 is 11.3 Å². The monoisotopic (exact) mass is 272 g/mol. The second-order valence-electron chi connectivity index (χ2n) is 4.57. The Morgan fingerprint density at radius 3 is 2.70 bits per heavy atom. The molecule has 3 rings (SSSR count). The average Bonchev–Trinajstić information content (AvgIpc) is 2.92. The largest absolute Gasteiger partial charge is 0.322 e. The summed E-state index contributed by atoms with van der Waals surface area (Å²) in [6.07, 6.45) is 4.92. The standard InChI is InChI=1S/C14H13FN4O/c15-11-3-1-10(2-4-11)12(16)9-18-7-8-19-13(14(18)20)5-6-17-19/h1-8,12H,9,16H2. The highest BCUT2D eigenvalue weighted by molar-refractivity contribution is 5.42. The van der Waals surface area contributed by atoms with Crippen LogP contribution in [-0.4, -0.2) is 14.2 Å². The summed E-state index contributed by atoms with van der Waals surface area (Å²) in [5.74, 6) is -0.307. The van der Waals surface area contributed by atoms with E-state index in [4.69, 9.17) is 5.73 Å². The Kier molecular flexibility index (Phi) is 3.08. The molecule has 20 heavy (non-hydrogen) atoms. The molecule has 0 fully saturated rings. The van der Waals surface area contributed by atoms with Crippen molar-refractivity contribution in [2.75, 3.05) is 0 Å². The molecule has 2 heterocycles. The van der Waals surface area contributed by atoms with Crippen molar-refractivity contribution >= 4 is 5.52 Å². The van der Waals surface area contributed by atoms with Gasteiger partial charge in [0.15, 0.2) is 0 Å². The minimum atomic E-state index is -0.376. The van der Waals surface area contributed by atoms with E-state index >= 15 is 0 Å². The van der Waals surface area contributed by atoms with Gasteiger partial charge in [0, 0.05) is 25.0 Å². The first-order valence-corrected chi connectivity index (χ1v) is 6.19. The van der Waals surface area contributed by atoms with E-state index in [-0.39, 0.29) is 17.4 Å². The lowest BCUT2D eigenvalue weighted by Gasteiger charge is -2.14. The normalized spacial score (nSPS) is 12.7. The third-order valence-corrected chi connectivity index (χ3v) is 3.23. The Hall–Kier alpha value is -2.47. The van der Waals surface area contributed by atoms with Gasteiger partial charge in [-0.2, -0.15) is 5.10 Å². The number of nitrogens with zero attached hydrogens (tertiary/aromatic N) is 3. The first kappa shape index (κ1) is 12.6. The van der Waals surface area contributed by atoms with Crippen molar-refractivity contribution in [3.63, 3.8) is 0 Å². The van der Waals surface area contributed by atoms with Crippen molar-refractivity contribution in [2.24, 2.45) is 5.73 Å². The fourth-order valence-electron chi connectivity index (χ4n) is 2.13. The predicted octanol–water partition coefficient (Wildman–Crippen LogP) is 1.34. The molecule has 0 spiro atoms. The summed E-state index contributed by atoms with van der Waals surface area (Å²) in [6.45, 7) is 0.326. The Bertz CT molecular complexity index is 791. The maximum absolute atomic E-state index is 12.9. The third kappa shape index (κ3) is 2.21. The van der Waals surface area contributed by atoms with Gasteiger partial charge in [-0.1, -0.05) is 12.1 Å². The maximum Gasteiger partial charge on any atom is 0.276 e. The quantitative estimate of drug-likeness (QED) is 0.782. The lowest BCUT2D eigenvalue weighted by atomic mass is 10.1. The van der Waals surface area contributed by atoms with E-state index < -0.39 is 0 Å². The molecule has 5 nitrogen and oxygen atoms in total. The van der Waals surface area contributed by atoms with Crippen molar-refractivity contribution in [1.82, 2.24) is 14.2 Å². The van der Waals surface area contributed by atoms with Crippen molar-refractivity contribution < 1.29 is 4.39 Å². The van der Waals surface area contributed by atoms with Crippen molar-refractivity contribution in [1.29, 1.82) is 0 Å². The molecule has 0 bridgehead atoms. The van der Waals surface area contributed by atoms with E-state index in [1.807, 2.05) is 0 Å².